The van der Waals surface area contributed by atoms with E-state index in [-0.39, 0.29) is 11.6 Å². The Bertz CT molecular complexity index is 657. The lowest BCUT2D eigenvalue weighted by Gasteiger charge is -2.20. The molecule has 0 radical (unpaired) electrons. The predicted molar refractivity (Wildman–Crippen MR) is 87.2 cm³/mol. The highest BCUT2D eigenvalue weighted by atomic mass is 79.9. The van der Waals surface area contributed by atoms with Crippen LogP contribution in [0.25, 0.3) is 0 Å². The fraction of sp³-hybridized carbons (Fsp3) is 0.357. The number of carbonyl (C=O) groups is 1. The van der Waals surface area contributed by atoms with Gasteiger partial charge in [0.2, 0.25) is 0 Å². The van der Waals surface area contributed by atoms with Crippen molar-refractivity contribution in [3.63, 3.8) is 0 Å². The van der Waals surface area contributed by atoms with E-state index in [2.05, 4.69) is 25.9 Å². The maximum atomic E-state index is 11.4. The maximum Gasteiger partial charge on any atom is 0.356 e. The summed E-state index contributed by atoms with van der Waals surface area (Å²) in [7, 11) is 1.84. The molecule has 0 aliphatic carbocycles. The molecule has 0 atom stereocenters. The first-order valence-corrected chi connectivity index (χ1v) is 8.10. The molecule has 0 unspecified atom stereocenters. The number of nitrogens with zero attached hydrogens (tertiary/aromatic N) is 3. The van der Waals surface area contributed by atoms with Gasteiger partial charge in [0, 0.05) is 27.7 Å². The van der Waals surface area contributed by atoms with Crippen molar-refractivity contribution in [2.24, 2.45) is 0 Å². The number of rotatable bonds is 5. The number of aromatic carboxylic acids is 1. The monoisotopic (exact) mass is 369 g/mol. The molecule has 2 rings (SSSR count). The Morgan fingerprint density at radius 1 is 1.52 bits per heavy atom. The lowest BCUT2D eigenvalue weighted by atomic mass is 10.2. The minimum atomic E-state index is -1.03. The molecule has 5 nitrogen and oxygen atoms in total. The van der Waals surface area contributed by atoms with E-state index in [4.69, 9.17) is 0 Å². The van der Waals surface area contributed by atoms with Crippen LogP contribution in [0.15, 0.2) is 22.1 Å². The summed E-state index contributed by atoms with van der Waals surface area (Å²) in [6, 6.07) is 2.02. The second-order valence-electron chi connectivity index (χ2n) is 5.01. The first-order valence-electron chi connectivity index (χ1n) is 6.42. The summed E-state index contributed by atoms with van der Waals surface area (Å²) in [4.78, 5) is 22.9. The van der Waals surface area contributed by atoms with Gasteiger partial charge in [-0.25, -0.2) is 14.8 Å². The van der Waals surface area contributed by atoms with Gasteiger partial charge >= 0.3 is 5.97 Å². The van der Waals surface area contributed by atoms with Crippen LogP contribution in [0.3, 0.4) is 0 Å². The highest BCUT2D eigenvalue weighted by molar-refractivity contribution is 9.10. The molecule has 0 fully saturated rings. The van der Waals surface area contributed by atoms with Gasteiger partial charge in [0.05, 0.1) is 18.4 Å². The number of halogens is 1. The second-order valence-corrected chi connectivity index (χ2v) is 6.92. The lowest BCUT2D eigenvalue weighted by molar-refractivity contribution is 0.0690. The quantitative estimate of drug-likeness (QED) is 0.868. The third-order valence-electron chi connectivity index (χ3n) is 2.93. The van der Waals surface area contributed by atoms with Gasteiger partial charge in [-0.05, 0) is 22.0 Å². The second kappa shape index (κ2) is 6.53. The van der Waals surface area contributed by atoms with Crippen molar-refractivity contribution in [1.82, 2.24) is 9.97 Å². The van der Waals surface area contributed by atoms with E-state index in [9.17, 15) is 9.90 Å². The van der Waals surface area contributed by atoms with E-state index in [0.717, 1.165) is 9.35 Å². The van der Waals surface area contributed by atoms with Crippen LogP contribution in [-0.2, 0) is 6.54 Å². The topological polar surface area (TPSA) is 66.3 Å². The molecule has 0 saturated heterocycles. The number of thiophene rings is 1. The summed E-state index contributed by atoms with van der Waals surface area (Å²) in [5.41, 5.74) is 0.572. The molecule has 0 aromatic carbocycles. The molecule has 0 aliphatic heterocycles. The van der Waals surface area contributed by atoms with Crippen molar-refractivity contribution in [2.45, 2.75) is 26.3 Å². The molecular weight excluding hydrogens is 354 g/mol. The average Bonchev–Trinajstić information content (AvgIpc) is 2.83. The highest BCUT2D eigenvalue weighted by Crippen LogP contribution is 2.25. The van der Waals surface area contributed by atoms with E-state index in [1.807, 2.05) is 37.2 Å². The highest BCUT2D eigenvalue weighted by Gasteiger charge is 2.18. The van der Waals surface area contributed by atoms with E-state index in [1.54, 1.807) is 17.5 Å². The molecular formula is C14H16BrN3O2S. The Labute approximate surface area is 135 Å². The fourth-order valence-corrected chi connectivity index (χ4v) is 3.36. The Hall–Kier alpha value is -1.47. The molecule has 0 amide bonds. The lowest BCUT2D eigenvalue weighted by Crippen LogP contribution is -2.21. The number of anilines is 1. The standard InChI is InChI=1S/C14H16BrN3O2S/c1-8(2)13-16-5-11(12(17-13)14(19)20)18(3)6-10-4-9(15)7-21-10/h4-5,7-8H,6H2,1-3H3,(H,19,20). The summed E-state index contributed by atoms with van der Waals surface area (Å²) in [6.45, 7) is 4.49. The molecule has 0 saturated carbocycles. The van der Waals surface area contributed by atoms with E-state index >= 15 is 0 Å². The van der Waals surface area contributed by atoms with Crippen LogP contribution in [0.5, 0.6) is 0 Å². The zero-order valence-corrected chi connectivity index (χ0v) is 14.4. The summed E-state index contributed by atoms with van der Waals surface area (Å²) in [6.07, 6.45) is 1.59. The van der Waals surface area contributed by atoms with Gasteiger partial charge in [0.25, 0.3) is 0 Å². The molecule has 0 spiro atoms. The maximum absolute atomic E-state index is 11.4. The molecule has 7 heteroatoms. The van der Waals surface area contributed by atoms with Gasteiger partial charge in [-0.3, -0.25) is 0 Å². The molecule has 112 valence electrons. The summed E-state index contributed by atoms with van der Waals surface area (Å²) in [5, 5.41) is 11.4. The molecule has 21 heavy (non-hydrogen) atoms. The van der Waals surface area contributed by atoms with Crippen LogP contribution in [-0.4, -0.2) is 28.1 Å². The molecule has 2 heterocycles. The molecule has 2 aromatic rings. The van der Waals surface area contributed by atoms with Crippen LogP contribution in [0.2, 0.25) is 0 Å². The molecule has 0 aliphatic rings. The van der Waals surface area contributed by atoms with E-state index < -0.39 is 5.97 Å². The normalized spacial score (nSPS) is 10.9. The third-order valence-corrected chi connectivity index (χ3v) is 4.62. The van der Waals surface area contributed by atoms with Crippen LogP contribution < -0.4 is 4.90 Å². The largest absolute Gasteiger partial charge is 0.476 e. The minimum Gasteiger partial charge on any atom is -0.476 e. The van der Waals surface area contributed by atoms with Gasteiger partial charge in [0.15, 0.2) is 5.69 Å². The summed E-state index contributed by atoms with van der Waals surface area (Å²) >= 11 is 5.03. The van der Waals surface area contributed by atoms with Crippen molar-refractivity contribution in [1.29, 1.82) is 0 Å². The number of hydrogen-bond donors (Lipinski definition) is 1. The third kappa shape index (κ3) is 3.79. The van der Waals surface area contributed by atoms with Gasteiger partial charge in [-0.15, -0.1) is 11.3 Å². The Morgan fingerprint density at radius 2 is 2.24 bits per heavy atom. The first kappa shape index (κ1) is 15.9. The van der Waals surface area contributed by atoms with Gasteiger partial charge in [-0.2, -0.15) is 0 Å². The van der Waals surface area contributed by atoms with Gasteiger partial charge in [0.1, 0.15) is 5.82 Å². The van der Waals surface area contributed by atoms with Gasteiger partial charge in [-0.1, -0.05) is 13.8 Å². The molecule has 1 N–H and O–H groups in total. The fourth-order valence-electron chi connectivity index (χ4n) is 1.86. The zero-order chi connectivity index (χ0) is 15.6. The Kier molecular flexibility index (Phi) is 4.95. The van der Waals surface area contributed by atoms with Crippen LogP contribution >= 0.6 is 27.3 Å². The van der Waals surface area contributed by atoms with Crippen molar-refractivity contribution in [2.75, 3.05) is 11.9 Å². The summed E-state index contributed by atoms with van der Waals surface area (Å²) in [5.74, 6) is -0.396. The number of hydrogen-bond acceptors (Lipinski definition) is 5. The minimum absolute atomic E-state index is 0.0480. The van der Waals surface area contributed by atoms with Crippen molar-refractivity contribution in [3.8, 4) is 0 Å². The number of carboxylic acid groups (broad SMARTS) is 1. The van der Waals surface area contributed by atoms with Crippen LogP contribution in [0.1, 0.15) is 41.0 Å². The van der Waals surface area contributed by atoms with Gasteiger partial charge < -0.3 is 10.0 Å². The smallest absolute Gasteiger partial charge is 0.356 e. The summed E-state index contributed by atoms with van der Waals surface area (Å²) < 4.78 is 1.03. The zero-order valence-electron chi connectivity index (χ0n) is 12.0. The van der Waals surface area contributed by atoms with Crippen molar-refractivity contribution >= 4 is 38.9 Å². The van der Waals surface area contributed by atoms with E-state index in [0.29, 0.717) is 18.1 Å². The van der Waals surface area contributed by atoms with Crippen molar-refractivity contribution in [3.05, 3.63) is 38.5 Å². The van der Waals surface area contributed by atoms with Crippen molar-refractivity contribution < 1.29 is 9.90 Å². The SMILES string of the molecule is CC(C)c1ncc(N(C)Cc2cc(Br)cs2)c(C(=O)O)n1. The number of carboxylic acids is 1. The Balaban J connectivity index is 2.31. The van der Waals surface area contributed by atoms with Crippen LogP contribution in [0.4, 0.5) is 5.69 Å². The van der Waals surface area contributed by atoms with Crippen LogP contribution in [0, 0.1) is 0 Å². The molecule has 2 aromatic heterocycles. The predicted octanol–water partition coefficient (Wildman–Crippen LogP) is 3.76. The number of aromatic nitrogens is 2. The Morgan fingerprint density at radius 3 is 2.76 bits per heavy atom. The average molecular weight is 370 g/mol. The van der Waals surface area contributed by atoms with E-state index in [1.165, 1.54) is 0 Å². The molecule has 0 bridgehead atoms. The first-order chi connectivity index (χ1) is 9.88.